The first-order valence-corrected chi connectivity index (χ1v) is 6.65. The zero-order valence-corrected chi connectivity index (χ0v) is 12.0. The Hall–Kier alpha value is -1.10. The van der Waals surface area contributed by atoms with Crippen molar-refractivity contribution in [3.63, 3.8) is 0 Å². The van der Waals surface area contributed by atoms with Crippen LogP contribution in [0.5, 0.6) is 0 Å². The highest BCUT2D eigenvalue weighted by Gasteiger charge is 2.06. The van der Waals surface area contributed by atoms with Gasteiger partial charge in [-0.3, -0.25) is 4.90 Å². The van der Waals surface area contributed by atoms with Crippen molar-refractivity contribution in [2.24, 2.45) is 5.73 Å². The molecule has 18 heavy (non-hydrogen) atoms. The SMILES string of the molecule is CN(Cc1ccoc1)Cc1ccc(CN)cc1Br. The zero-order valence-electron chi connectivity index (χ0n) is 10.4. The Morgan fingerprint density at radius 2 is 2.06 bits per heavy atom. The van der Waals surface area contributed by atoms with E-state index in [0.29, 0.717) is 6.54 Å². The summed E-state index contributed by atoms with van der Waals surface area (Å²) in [4.78, 5) is 2.24. The van der Waals surface area contributed by atoms with Gasteiger partial charge in [0.25, 0.3) is 0 Å². The van der Waals surface area contributed by atoms with Crippen LogP contribution < -0.4 is 5.73 Å². The second-order valence-electron chi connectivity index (χ2n) is 4.43. The lowest BCUT2D eigenvalue weighted by atomic mass is 10.1. The fourth-order valence-electron chi connectivity index (χ4n) is 1.89. The lowest BCUT2D eigenvalue weighted by Gasteiger charge is -2.17. The number of furan rings is 1. The van der Waals surface area contributed by atoms with Crippen LogP contribution in [0.25, 0.3) is 0 Å². The van der Waals surface area contributed by atoms with E-state index in [1.54, 1.807) is 12.5 Å². The van der Waals surface area contributed by atoms with Crippen molar-refractivity contribution in [2.45, 2.75) is 19.6 Å². The van der Waals surface area contributed by atoms with Crippen molar-refractivity contribution in [2.75, 3.05) is 7.05 Å². The van der Waals surface area contributed by atoms with Crippen LogP contribution in [0.15, 0.2) is 45.7 Å². The van der Waals surface area contributed by atoms with Gasteiger partial charge in [-0.2, -0.15) is 0 Å². The van der Waals surface area contributed by atoms with Gasteiger partial charge in [0.1, 0.15) is 0 Å². The smallest absolute Gasteiger partial charge is 0.0947 e. The molecule has 0 atom stereocenters. The molecule has 0 unspecified atom stereocenters. The van der Waals surface area contributed by atoms with E-state index < -0.39 is 0 Å². The molecule has 2 N–H and O–H groups in total. The average molecular weight is 309 g/mol. The normalized spacial score (nSPS) is 11.1. The third-order valence-corrected chi connectivity index (χ3v) is 3.56. The van der Waals surface area contributed by atoms with E-state index in [1.165, 1.54) is 11.1 Å². The molecule has 1 aromatic heterocycles. The van der Waals surface area contributed by atoms with Gasteiger partial charge in [0.2, 0.25) is 0 Å². The largest absolute Gasteiger partial charge is 0.472 e. The number of hydrogen-bond acceptors (Lipinski definition) is 3. The highest BCUT2D eigenvalue weighted by molar-refractivity contribution is 9.10. The number of nitrogens with zero attached hydrogens (tertiary/aromatic N) is 1. The lowest BCUT2D eigenvalue weighted by Crippen LogP contribution is -2.17. The Morgan fingerprint density at radius 3 is 2.67 bits per heavy atom. The topological polar surface area (TPSA) is 42.4 Å². The van der Waals surface area contributed by atoms with Crippen LogP contribution in [0, 0.1) is 0 Å². The van der Waals surface area contributed by atoms with Crippen LogP contribution >= 0.6 is 15.9 Å². The van der Waals surface area contributed by atoms with Crippen LogP contribution in [-0.4, -0.2) is 11.9 Å². The summed E-state index contributed by atoms with van der Waals surface area (Å²) in [6.45, 7) is 2.34. The molecular formula is C14H17BrN2O. The molecule has 0 aliphatic heterocycles. The van der Waals surface area contributed by atoms with E-state index in [-0.39, 0.29) is 0 Å². The molecule has 0 spiro atoms. The van der Waals surface area contributed by atoms with Crippen molar-refractivity contribution >= 4 is 15.9 Å². The van der Waals surface area contributed by atoms with Crippen molar-refractivity contribution in [3.05, 3.63) is 58.0 Å². The predicted molar refractivity (Wildman–Crippen MR) is 75.9 cm³/mol. The second kappa shape index (κ2) is 6.18. The standard InChI is InChI=1S/C14H17BrN2O/c1-17(8-12-4-5-18-10-12)9-13-3-2-11(7-16)6-14(13)15/h2-6,10H,7-9,16H2,1H3. The molecule has 0 fully saturated rings. The van der Waals surface area contributed by atoms with Gasteiger partial charge >= 0.3 is 0 Å². The monoisotopic (exact) mass is 308 g/mol. The summed E-state index contributed by atoms with van der Waals surface area (Å²) >= 11 is 3.59. The second-order valence-corrected chi connectivity index (χ2v) is 5.29. The molecule has 0 amide bonds. The van der Waals surface area contributed by atoms with Gasteiger partial charge in [0, 0.05) is 29.7 Å². The molecule has 2 aromatic rings. The Kier molecular flexibility index (Phi) is 4.58. The van der Waals surface area contributed by atoms with E-state index in [1.807, 2.05) is 6.07 Å². The van der Waals surface area contributed by atoms with Gasteiger partial charge in [-0.15, -0.1) is 0 Å². The molecule has 0 aliphatic carbocycles. The van der Waals surface area contributed by atoms with Crippen LogP contribution in [0.4, 0.5) is 0 Å². The summed E-state index contributed by atoms with van der Waals surface area (Å²) in [6.07, 6.45) is 3.48. The van der Waals surface area contributed by atoms with Gasteiger partial charge in [0.05, 0.1) is 12.5 Å². The van der Waals surface area contributed by atoms with Gasteiger partial charge in [0.15, 0.2) is 0 Å². The number of rotatable bonds is 5. The highest BCUT2D eigenvalue weighted by atomic mass is 79.9. The Bertz CT molecular complexity index is 497. The lowest BCUT2D eigenvalue weighted by molar-refractivity contribution is 0.317. The molecule has 0 radical (unpaired) electrons. The molecule has 1 heterocycles. The van der Waals surface area contributed by atoms with E-state index in [9.17, 15) is 0 Å². The van der Waals surface area contributed by atoms with Crippen LogP contribution in [-0.2, 0) is 19.6 Å². The summed E-state index contributed by atoms with van der Waals surface area (Å²) in [5, 5.41) is 0. The first-order chi connectivity index (χ1) is 8.69. The minimum atomic E-state index is 0.573. The van der Waals surface area contributed by atoms with E-state index in [0.717, 1.165) is 23.1 Å². The Labute approximate surface area is 116 Å². The van der Waals surface area contributed by atoms with Gasteiger partial charge in [-0.05, 0) is 30.3 Å². The summed E-state index contributed by atoms with van der Waals surface area (Å²) in [5.41, 5.74) is 9.21. The predicted octanol–water partition coefficient (Wildman–Crippen LogP) is 3.13. The molecular weight excluding hydrogens is 292 g/mol. The maximum Gasteiger partial charge on any atom is 0.0947 e. The third kappa shape index (κ3) is 3.45. The van der Waals surface area contributed by atoms with Crippen LogP contribution in [0.3, 0.4) is 0 Å². The number of nitrogens with two attached hydrogens (primary N) is 1. The summed E-state index contributed by atoms with van der Waals surface area (Å²) in [5.74, 6) is 0. The van der Waals surface area contributed by atoms with E-state index in [2.05, 4.69) is 46.1 Å². The number of benzene rings is 1. The zero-order chi connectivity index (χ0) is 13.0. The molecule has 4 heteroatoms. The summed E-state index contributed by atoms with van der Waals surface area (Å²) in [6, 6.07) is 8.27. The van der Waals surface area contributed by atoms with Crippen molar-refractivity contribution in [1.82, 2.24) is 4.90 Å². The Balaban J connectivity index is 2.00. The maximum absolute atomic E-state index is 5.62. The molecule has 96 valence electrons. The average Bonchev–Trinajstić information content (AvgIpc) is 2.84. The van der Waals surface area contributed by atoms with Crippen LogP contribution in [0.1, 0.15) is 16.7 Å². The summed E-state index contributed by atoms with van der Waals surface area (Å²) in [7, 11) is 2.09. The molecule has 0 bridgehead atoms. The third-order valence-electron chi connectivity index (χ3n) is 2.83. The highest BCUT2D eigenvalue weighted by Crippen LogP contribution is 2.20. The number of hydrogen-bond donors (Lipinski definition) is 1. The molecule has 1 aromatic carbocycles. The minimum absolute atomic E-state index is 0.573. The van der Waals surface area contributed by atoms with Gasteiger partial charge < -0.3 is 10.2 Å². The minimum Gasteiger partial charge on any atom is -0.472 e. The quantitative estimate of drug-likeness (QED) is 0.922. The molecule has 0 saturated carbocycles. The fourth-order valence-corrected chi connectivity index (χ4v) is 2.44. The number of halogens is 1. The van der Waals surface area contributed by atoms with Gasteiger partial charge in [-0.1, -0.05) is 28.1 Å². The Morgan fingerprint density at radius 1 is 1.22 bits per heavy atom. The van der Waals surface area contributed by atoms with Gasteiger partial charge in [-0.25, -0.2) is 0 Å². The van der Waals surface area contributed by atoms with Crippen molar-refractivity contribution < 1.29 is 4.42 Å². The molecule has 3 nitrogen and oxygen atoms in total. The van der Waals surface area contributed by atoms with Crippen LogP contribution in [0.2, 0.25) is 0 Å². The fraction of sp³-hybridized carbons (Fsp3) is 0.286. The molecule has 0 saturated heterocycles. The molecule has 2 rings (SSSR count). The first kappa shape index (κ1) is 13.3. The van der Waals surface area contributed by atoms with Crippen molar-refractivity contribution in [3.8, 4) is 0 Å². The van der Waals surface area contributed by atoms with Crippen molar-refractivity contribution in [1.29, 1.82) is 0 Å². The molecule has 0 aliphatic rings. The summed E-state index contributed by atoms with van der Waals surface area (Å²) < 4.78 is 6.19. The first-order valence-electron chi connectivity index (χ1n) is 5.86. The van der Waals surface area contributed by atoms with E-state index >= 15 is 0 Å². The van der Waals surface area contributed by atoms with E-state index in [4.69, 9.17) is 10.2 Å². The maximum atomic E-state index is 5.62.